The first-order chi connectivity index (χ1) is 4.20. The topological polar surface area (TPSA) is 29.3 Å². The van der Waals surface area contributed by atoms with Gasteiger partial charge in [-0.15, -0.1) is 12.4 Å². The number of alkyl halides is 1. The van der Waals surface area contributed by atoms with E-state index >= 15 is 0 Å². The third-order valence-electron chi connectivity index (χ3n) is 1.77. The highest BCUT2D eigenvalue weighted by Crippen LogP contribution is 2.10. The van der Waals surface area contributed by atoms with Gasteiger partial charge in [-0.2, -0.15) is 0 Å². The first-order valence-electron chi connectivity index (χ1n) is 3.28. The number of hydrogen-bond acceptors (Lipinski definition) is 2. The van der Waals surface area contributed by atoms with Crippen molar-refractivity contribution in [2.75, 3.05) is 20.1 Å². The molecule has 1 rings (SSSR count). The maximum atomic E-state index is 12.6. The Morgan fingerprint density at radius 3 is 2.60 bits per heavy atom. The molecule has 0 bridgehead atoms. The first kappa shape index (κ1) is 10.1. The minimum atomic E-state index is -0.777. The van der Waals surface area contributed by atoms with Crippen LogP contribution in [0.5, 0.6) is 0 Å². The van der Waals surface area contributed by atoms with Crippen LogP contribution in [0.2, 0.25) is 0 Å². The fraction of sp³-hybridized carbons (Fsp3) is 1.00. The fourth-order valence-electron chi connectivity index (χ4n) is 1.12. The van der Waals surface area contributed by atoms with Crippen LogP contribution in [-0.2, 0) is 0 Å². The lowest BCUT2D eigenvalue weighted by molar-refractivity contribution is 0.148. The lowest BCUT2D eigenvalue weighted by Gasteiger charge is -2.29. The molecule has 62 valence electrons. The molecule has 0 saturated carbocycles. The second-order valence-corrected chi connectivity index (χ2v) is 2.73. The summed E-state index contributed by atoms with van der Waals surface area (Å²) >= 11 is 0. The Hall–Kier alpha value is 0.140. The van der Waals surface area contributed by atoms with Crippen LogP contribution in [0.25, 0.3) is 0 Å². The van der Waals surface area contributed by atoms with Gasteiger partial charge >= 0.3 is 0 Å². The van der Waals surface area contributed by atoms with Crippen LogP contribution in [0, 0.1) is 0 Å². The molecule has 0 aromatic heterocycles. The summed E-state index contributed by atoms with van der Waals surface area (Å²) in [7, 11) is 1.96. The molecule has 1 saturated heterocycles. The molecule has 2 nitrogen and oxygen atoms in total. The van der Waals surface area contributed by atoms with Gasteiger partial charge in [-0.1, -0.05) is 0 Å². The molecule has 10 heavy (non-hydrogen) atoms. The van der Waals surface area contributed by atoms with Crippen LogP contribution in [0.4, 0.5) is 4.39 Å². The van der Waals surface area contributed by atoms with Gasteiger partial charge in [-0.05, 0) is 13.5 Å². The number of nitrogens with zero attached hydrogens (tertiary/aromatic N) is 1. The molecule has 2 atom stereocenters. The Labute approximate surface area is 67.0 Å². The standard InChI is InChI=1S/C6H13FN2.ClH/c1-9-3-2-5(7)6(8)4-9;/h5-6H,2-4,8H2,1H3;1H/t5-,6-;/m0./s1. The highest BCUT2D eigenvalue weighted by molar-refractivity contribution is 5.85. The van der Waals surface area contributed by atoms with Crippen molar-refractivity contribution in [2.24, 2.45) is 5.73 Å². The third-order valence-corrected chi connectivity index (χ3v) is 1.77. The Morgan fingerprint density at radius 1 is 1.60 bits per heavy atom. The fourth-order valence-corrected chi connectivity index (χ4v) is 1.12. The average molecular weight is 169 g/mol. The quantitative estimate of drug-likeness (QED) is 0.568. The lowest BCUT2D eigenvalue weighted by atomic mass is 10.1. The zero-order valence-corrected chi connectivity index (χ0v) is 6.90. The minimum absolute atomic E-state index is 0. The Kier molecular flexibility index (Phi) is 4.17. The van der Waals surface area contributed by atoms with Crippen LogP contribution in [-0.4, -0.2) is 37.3 Å². The zero-order chi connectivity index (χ0) is 6.85. The first-order valence-corrected chi connectivity index (χ1v) is 3.28. The molecule has 0 aromatic carbocycles. The summed E-state index contributed by atoms with van der Waals surface area (Å²) in [6.07, 6.45) is -0.182. The second kappa shape index (κ2) is 4.11. The summed E-state index contributed by atoms with van der Waals surface area (Å²) in [5.74, 6) is 0. The Balaban J connectivity index is 0.000000810. The maximum Gasteiger partial charge on any atom is 0.118 e. The van der Waals surface area contributed by atoms with Crippen molar-refractivity contribution in [3.05, 3.63) is 0 Å². The summed E-state index contributed by atoms with van der Waals surface area (Å²) in [4.78, 5) is 2.06. The van der Waals surface area contributed by atoms with Gasteiger partial charge in [0.1, 0.15) is 6.17 Å². The minimum Gasteiger partial charge on any atom is -0.324 e. The summed E-state index contributed by atoms with van der Waals surface area (Å²) in [6, 6.07) is -0.260. The summed E-state index contributed by atoms with van der Waals surface area (Å²) < 4.78 is 12.6. The van der Waals surface area contributed by atoms with E-state index in [0.717, 1.165) is 6.54 Å². The van der Waals surface area contributed by atoms with Crippen molar-refractivity contribution in [1.82, 2.24) is 4.90 Å². The average Bonchev–Trinajstić information content (AvgIpc) is 1.80. The van der Waals surface area contributed by atoms with Crippen molar-refractivity contribution in [2.45, 2.75) is 18.6 Å². The number of likely N-dealkylation sites (N-methyl/N-ethyl adjacent to an activating group) is 1. The third kappa shape index (κ3) is 2.40. The van der Waals surface area contributed by atoms with Gasteiger partial charge in [0.15, 0.2) is 0 Å². The van der Waals surface area contributed by atoms with Crippen LogP contribution in [0.15, 0.2) is 0 Å². The van der Waals surface area contributed by atoms with Gasteiger partial charge in [0.2, 0.25) is 0 Å². The summed E-state index contributed by atoms with van der Waals surface area (Å²) in [5, 5.41) is 0. The highest BCUT2D eigenvalue weighted by atomic mass is 35.5. The molecule has 0 radical (unpaired) electrons. The Bertz CT molecular complexity index is 102. The second-order valence-electron chi connectivity index (χ2n) is 2.73. The van der Waals surface area contributed by atoms with Crippen molar-refractivity contribution >= 4 is 12.4 Å². The highest BCUT2D eigenvalue weighted by Gasteiger charge is 2.23. The molecular weight excluding hydrogens is 155 g/mol. The molecule has 1 heterocycles. The van der Waals surface area contributed by atoms with Gasteiger partial charge in [-0.25, -0.2) is 4.39 Å². The smallest absolute Gasteiger partial charge is 0.118 e. The van der Waals surface area contributed by atoms with Crippen LogP contribution >= 0.6 is 12.4 Å². The predicted molar refractivity (Wildman–Crippen MR) is 42.2 cm³/mol. The van der Waals surface area contributed by atoms with Crippen LogP contribution in [0.3, 0.4) is 0 Å². The van der Waals surface area contributed by atoms with Gasteiger partial charge in [0.25, 0.3) is 0 Å². The van der Waals surface area contributed by atoms with Crippen molar-refractivity contribution in [1.29, 1.82) is 0 Å². The van der Waals surface area contributed by atoms with E-state index in [0.29, 0.717) is 13.0 Å². The van der Waals surface area contributed by atoms with E-state index < -0.39 is 6.17 Å². The number of hydrogen-bond donors (Lipinski definition) is 1. The van der Waals surface area contributed by atoms with Gasteiger partial charge < -0.3 is 10.6 Å². The normalized spacial score (nSPS) is 35.1. The van der Waals surface area contributed by atoms with E-state index in [1.807, 2.05) is 7.05 Å². The molecule has 1 aliphatic heterocycles. The van der Waals surface area contributed by atoms with Crippen LogP contribution in [0.1, 0.15) is 6.42 Å². The van der Waals surface area contributed by atoms with E-state index in [9.17, 15) is 4.39 Å². The molecule has 0 aromatic rings. The molecular formula is C6H14ClFN2. The number of likely N-dealkylation sites (tertiary alicyclic amines) is 1. The van der Waals surface area contributed by atoms with E-state index in [1.54, 1.807) is 0 Å². The van der Waals surface area contributed by atoms with E-state index in [2.05, 4.69) is 4.90 Å². The molecule has 0 spiro atoms. The summed E-state index contributed by atoms with van der Waals surface area (Å²) in [6.45, 7) is 1.54. The van der Waals surface area contributed by atoms with Crippen molar-refractivity contribution in [3.63, 3.8) is 0 Å². The van der Waals surface area contributed by atoms with E-state index in [-0.39, 0.29) is 18.4 Å². The van der Waals surface area contributed by atoms with Crippen molar-refractivity contribution in [3.8, 4) is 0 Å². The molecule has 1 aliphatic rings. The van der Waals surface area contributed by atoms with Crippen molar-refractivity contribution < 1.29 is 4.39 Å². The number of nitrogens with two attached hydrogens (primary N) is 1. The molecule has 2 N–H and O–H groups in total. The molecule has 0 aliphatic carbocycles. The van der Waals surface area contributed by atoms with Gasteiger partial charge in [0, 0.05) is 19.1 Å². The molecule has 4 heteroatoms. The van der Waals surface area contributed by atoms with Gasteiger partial charge in [0.05, 0.1) is 0 Å². The van der Waals surface area contributed by atoms with Gasteiger partial charge in [-0.3, -0.25) is 0 Å². The Morgan fingerprint density at radius 2 is 2.20 bits per heavy atom. The predicted octanol–water partition coefficient (Wildman–Crippen LogP) is 0.409. The van der Waals surface area contributed by atoms with E-state index in [4.69, 9.17) is 5.73 Å². The number of halogens is 2. The van der Waals surface area contributed by atoms with E-state index in [1.165, 1.54) is 0 Å². The lowest BCUT2D eigenvalue weighted by Crippen LogP contribution is -2.47. The number of rotatable bonds is 0. The largest absolute Gasteiger partial charge is 0.324 e. The maximum absolute atomic E-state index is 12.6. The SMILES string of the molecule is CN1CC[C@H](F)[C@@H](N)C1.Cl. The number of piperidine rings is 1. The molecule has 0 unspecified atom stereocenters. The molecule has 1 fully saturated rings. The zero-order valence-electron chi connectivity index (χ0n) is 6.09. The monoisotopic (exact) mass is 168 g/mol. The molecule has 0 amide bonds. The summed E-state index contributed by atoms with van der Waals surface area (Å²) in [5.41, 5.74) is 5.45. The van der Waals surface area contributed by atoms with Crippen LogP contribution < -0.4 is 5.73 Å².